The Labute approximate surface area is 171 Å². The Hall–Kier alpha value is -2.62. The Morgan fingerprint density at radius 3 is 2.63 bits per heavy atom. The molecule has 0 radical (unpaired) electrons. The summed E-state index contributed by atoms with van der Waals surface area (Å²) >= 11 is 0. The number of nitrogens with zero attached hydrogens (tertiary/aromatic N) is 3. The Balaban J connectivity index is 1.47. The van der Waals surface area contributed by atoms with Crippen LogP contribution in [-0.2, 0) is 28.2 Å². The van der Waals surface area contributed by atoms with E-state index in [4.69, 9.17) is 4.74 Å². The summed E-state index contributed by atoms with van der Waals surface area (Å²) in [6, 6.07) is 5.40. The number of aromatic nitrogens is 3. The number of alkyl halides is 3. The van der Waals surface area contributed by atoms with Crippen molar-refractivity contribution in [1.82, 2.24) is 20.1 Å². The predicted molar refractivity (Wildman–Crippen MR) is 99.5 cm³/mol. The molecule has 1 N–H and O–H groups in total. The van der Waals surface area contributed by atoms with Crippen LogP contribution in [0.1, 0.15) is 55.7 Å². The van der Waals surface area contributed by atoms with Gasteiger partial charge in [-0.1, -0.05) is 25.0 Å². The fraction of sp³-hybridized carbons (Fsp3) is 0.550. The van der Waals surface area contributed by atoms with E-state index in [9.17, 15) is 18.0 Å². The first-order valence-electron chi connectivity index (χ1n) is 9.92. The molecule has 2 aromatic rings. The molecule has 10 heteroatoms. The zero-order valence-electron chi connectivity index (χ0n) is 16.5. The Morgan fingerprint density at radius 1 is 1.27 bits per heavy atom. The number of carbonyl (C=O) groups excluding carboxylic acids is 1. The van der Waals surface area contributed by atoms with Crippen LogP contribution in [0.3, 0.4) is 0 Å². The fourth-order valence-corrected chi connectivity index (χ4v) is 4.16. The number of carbonyl (C=O) groups is 1. The lowest BCUT2D eigenvalue weighted by Crippen LogP contribution is -2.53. The monoisotopic (exact) mass is 424 g/mol. The molecule has 1 unspecified atom stereocenters. The lowest BCUT2D eigenvalue weighted by Gasteiger charge is -2.36. The molecule has 0 bridgehead atoms. The van der Waals surface area contributed by atoms with E-state index in [1.807, 2.05) is 4.57 Å². The van der Waals surface area contributed by atoms with Gasteiger partial charge >= 0.3 is 6.36 Å². The van der Waals surface area contributed by atoms with Crippen LogP contribution < -0.4 is 10.1 Å². The first-order valence-corrected chi connectivity index (χ1v) is 9.92. The normalized spacial score (nSPS) is 22.0. The Kier molecular flexibility index (Phi) is 5.44. The minimum atomic E-state index is -4.74. The van der Waals surface area contributed by atoms with Gasteiger partial charge in [0.1, 0.15) is 23.7 Å². The summed E-state index contributed by atoms with van der Waals surface area (Å²) in [6.07, 6.45) is -0.397. The maximum absolute atomic E-state index is 13.1. The van der Waals surface area contributed by atoms with E-state index < -0.39 is 11.9 Å². The zero-order chi connectivity index (χ0) is 21.4. The predicted octanol–water partition coefficient (Wildman–Crippen LogP) is 3.40. The van der Waals surface area contributed by atoms with Crippen LogP contribution in [0.2, 0.25) is 0 Å². The van der Waals surface area contributed by atoms with Gasteiger partial charge in [-0.2, -0.15) is 0 Å². The van der Waals surface area contributed by atoms with Crippen LogP contribution in [0.25, 0.3) is 0 Å². The number of nitrogens with one attached hydrogen (secondary N) is 1. The van der Waals surface area contributed by atoms with Gasteiger partial charge in [0.25, 0.3) is 0 Å². The highest BCUT2D eigenvalue weighted by atomic mass is 19.4. The molecule has 0 spiro atoms. The fourth-order valence-electron chi connectivity index (χ4n) is 4.16. The molecular formula is C20H23F3N4O3. The lowest BCUT2D eigenvalue weighted by molar-refractivity contribution is -0.274. The Morgan fingerprint density at radius 2 is 1.97 bits per heavy atom. The number of hydrogen-bond donors (Lipinski definition) is 1. The number of rotatable bonds is 5. The van der Waals surface area contributed by atoms with Crippen LogP contribution in [0.4, 0.5) is 13.2 Å². The summed E-state index contributed by atoms with van der Waals surface area (Å²) in [5.41, 5.74) is -0.341. The largest absolute Gasteiger partial charge is 0.573 e. The standard InChI is InChI=1S/C20H23F3N4O3/c1-19(12-29-11-16-25-26-17(27(16)19)14-4-2-3-5-14)18(28)24-10-13-6-8-15(9-7-13)30-20(21,22)23/h6-9,14H,2-5,10-12H2,1H3,(H,24,28). The molecule has 30 heavy (non-hydrogen) atoms. The van der Waals surface area contributed by atoms with E-state index in [0.29, 0.717) is 18.0 Å². The van der Waals surface area contributed by atoms with Gasteiger partial charge in [0.2, 0.25) is 5.91 Å². The Bertz CT molecular complexity index is 907. The highest BCUT2D eigenvalue weighted by Gasteiger charge is 2.43. The maximum atomic E-state index is 13.1. The van der Waals surface area contributed by atoms with Gasteiger partial charge < -0.3 is 14.8 Å². The summed E-state index contributed by atoms with van der Waals surface area (Å²) in [5.74, 6) is 1.20. The molecule has 1 amide bonds. The second kappa shape index (κ2) is 7.90. The van der Waals surface area contributed by atoms with E-state index in [-0.39, 0.29) is 30.7 Å². The third-order valence-electron chi connectivity index (χ3n) is 5.68. The molecule has 1 aliphatic carbocycles. The van der Waals surface area contributed by atoms with Gasteiger partial charge in [0.15, 0.2) is 5.82 Å². The van der Waals surface area contributed by atoms with Gasteiger partial charge in [-0.15, -0.1) is 23.4 Å². The summed E-state index contributed by atoms with van der Waals surface area (Å²) in [7, 11) is 0. The smallest absolute Gasteiger partial charge is 0.406 e. The molecule has 4 rings (SSSR count). The summed E-state index contributed by atoms with van der Waals surface area (Å²) in [5, 5.41) is 11.5. The molecule has 1 fully saturated rings. The van der Waals surface area contributed by atoms with Crippen molar-refractivity contribution >= 4 is 5.91 Å². The average Bonchev–Trinajstić information content (AvgIpc) is 3.36. The molecule has 1 aromatic heterocycles. The van der Waals surface area contributed by atoms with Crippen molar-refractivity contribution in [1.29, 1.82) is 0 Å². The molecule has 1 aliphatic heterocycles. The van der Waals surface area contributed by atoms with Crippen molar-refractivity contribution in [3.8, 4) is 5.75 Å². The highest BCUT2D eigenvalue weighted by molar-refractivity contribution is 5.84. The van der Waals surface area contributed by atoms with E-state index in [1.165, 1.54) is 24.3 Å². The second-order valence-corrected chi connectivity index (χ2v) is 7.93. The van der Waals surface area contributed by atoms with Gasteiger partial charge in [0, 0.05) is 12.5 Å². The van der Waals surface area contributed by atoms with Crippen molar-refractivity contribution in [3.63, 3.8) is 0 Å². The van der Waals surface area contributed by atoms with Gasteiger partial charge in [-0.05, 0) is 37.5 Å². The number of hydrogen-bond acceptors (Lipinski definition) is 5. The van der Waals surface area contributed by atoms with Gasteiger partial charge in [0.05, 0.1) is 6.61 Å². The number of amides is 1. The SMILES string of the molecule is CC1(C(=O)NCc2ccc(OC(F)(F)F)cc2)COCc2nnc(C3CCCC3)n21. The summed E-state index contributed by atoms with van der Waals surface area (Å²) in [4.78, 5) is 13.1. The van der Waals surface area contributed by atoms with E-state index >= 15 is 0 Å². The van der Waals surface area contributed by atoms with Crippen molar-refractivity contribution in [2.24, 2.45) is 0 Å². The van der Waals surface area contributed by atoms with Crippen LogP contribution in [0, 0.1) is 0 Å². The topological polar surface area (TPSA) is 78.3 Å². The average molecular weight is 424 g/mol. The number of halogens is 3. The van der Waals surface area contributed by atoms with Crippen LogP contribution in [-0.4, -0.2) is 33.6 Å². The number of benzene rings is 1. The molecule has 0 saturated heterocycles. The van der Waals surface area contributed by atoms with Crippen LogP contribution in [0.5, 0.6) is 5.75 Å². The minimum absolute atomic E-state index is 0.164. The third-order valence-corrected chi connectivity index (χ3v) is 5.68. The first kappa shape index (κ1) is 20.6. The quantitative estimate of drug-likeness (QED) is 0.796. The lowest BCUT2D eigenvalue weighted by atomic mass is 9.97. The highest BCUT2D eigenvalue weighted by Crippen LogP contribution is 2.37. The van der Waals surface area contributed by atoms with Gasteiger partial charge in [-0.3, -0.25) is 9.36 Å². The minimum Gasteiger partial charge on any atom is -0.406 e. The maximum Gasteiger partial charge on any atom is 0.573 e. The first-order chi connectivity index (χ1) is 14.3. The molecule has 1 aromatic carbocycles. The molecule has 7 nitrogen and oxygen atoms in total. The molecular weight excluding hydrogens is 401 g/mol. The van der Waals surface area contributed by atoms with Crippen molar-refractivity contribution in [2.75, 3.05) is 6.61 Å². The van der Waals surface area contributed by atoms with Crippen molar-refractivity contribution in [2.45, 2.75) is 63.6 Å². The van der Waals surface area contributed by atoms with E-state index in [1.54, 1.807) is 6.92 Å². The van der Waals surface area contributed by atoms with E-state index in [0.717, 1.165) is 31.5 Å². The second-order valence-electron chi connectivity index (χ2n) is 7.93. The van der Waals surface area contributed by atoms with E-state index in [2.05, 4.69) is 20.3 Å². The molecule has 2 heterocycles. The number of fused-ring (bicyclic) bond motifs is 1. The molecule has 1 saturated carbocycles. The summed E-state index contributed by atoms with van der Waals surface area (Å²) < 4.78 is 48.2. The molecule has 1 atom stereocenters. The van der Waals surface area contributed by atoms with Crippen molar-refractivity contribution in [3.05, 3.63) is 41.5 Å². The summed E-state index contributed by atoms with van der Waals surface area (Å²) in [6.45, 7) is 2.47. The third kappa shape index (κ3) is 4.14. The van der Waals surface area contributed by atoms with Gasteiger partial charge in [-0.25, -0.2) is 0 Å². The molecule has 2 aliphatic rings. The van der Waals surface area contributed by atoms with Crippen LogP contribution >= 0.6 is 0 Å². The van der Waals surface area contributed by atoms with Crippen LogP contribution in [0.15, 0.2) is 24.3 Å². The van der Waals surface area contributed by atoms with Crippen molar-refractivity contribution < 1.29 is 27.4 Å². The molecule has 162 valence electrons. The number of ether oxygens (including phenoxy) is 2. The zero-order valence-corrected chi connectivity index (χ0v) is 16.5.